The molecule has 0 radical (unpaired) electrons. The van der Waals surface area contributed by atoms with Crippen LogP contribution in [0.2, 0.25) is 5.02 Å². The lowest BCUT2D eigenvalue weighted by molar-refractivity contribution is 0.0932. The van der Waals surface area contributed by atoms with Crippen LogP contribution >= 0.6 is 11.6 Å². The fourth-order valence-electron chi connectivity index (χ4n) is 3.64. The predicted octanol–water partition coefficient (Wildman–Crippen LogP) is 4.18. The maximum Gasteiger partial charge on any atom is 0.271 e. The van der Waals surface area contributed by atoms with E-state index in [0.29, 0.717) is 11.6 Å². The number of hydrogen-bond acceptors (Lipinski definition) is 2. The van der Waals surface area contributed by atoms with Gasteiger partial charge in [0.25, 0.3) is 5.91 Å². The van der Waals surface area contributed by atoms with E-state index in [1.807, 2.05) is 24.3 Å². The van der Waals surface area contributed by atoms with Crippen LogP contribution in [0, 0.1) is 0 Å². The van der Waals surface area contributed by atoms with Crippen molar-refractivity contribution >= 4 is 17.5 Å². The fraction of sp³-hybridized carbons (Fsp3) is 0.474. The topological polar surface area (TPSA) is 57.8 Å². The monoisotopic (exact) mass is 343 g/mol. The molecule has 126 valence electrons. The van der Waals surface area contributed by atoms with E-state index < -0.39 is 0 Å². The minimum atomic E-state index is -0.0708. The second-order valence-corrected chi connectivity index (χ2v) is 7.90. The number of carbonyl (C=O) groups is 1. The molecule has 2 fully saturated rings. The molecule has 5 heteroatoms. The molecule has 2 unspecified atom stereocenters. The number of nitrogens with one attached hydrogen (secondary N) is 2. The van der Waals surface area contributed by atoms with Crippen molar-refractivity contribution in [1.29, 1.82) is 0 Å². The number of aromatic nitrogens is 2. The summed E-state index contributed by atoms with van der Waals surface area (Å²) in [7, 11) is 0. The molecule has 1 aromatic carbocycles. The number of nitrogens with zero attached hydrogens (tertiary/aromatic N) is 1. The lowest BCUT2D eigenvalue weighted by Crippen LogP contribution is -2.33. The van der Waals surface area contributed by atoms with Crippen molar-refractivity contribution in [1.82, 2.24) is 15.5 Å². The van der Waals surface area contributed by atoms with Gasteiger partial charge in [-0.3, -0.25) is 9.89 Å². The average Bonchev–Trinajstić information content (AvgIpc) is 3.00. The molecule has 1 heterocycles. The highest BCUT2D eigenvalue weighted by Crippen LogP contribution is 2.46. The smallest absolute Gasteiger partial charge is 0.271 e. The van der Waals surface area contributed by atoms with Gasteiger partial charge in [0.1, 0.15) is 5.69 Å². The van der Waals surface area contributed by atoms with E-state index in [-0.39, 0.29) is 17.4 Å². The standard InChI is InChI=1S/C19H22ClN3O/c1-19(7-8-19)17-11-16(22-23-17)18(24)21-15-6-5-13(10-15)12-3-2-4-14(20)9-12/h2-4,9,11,13,15H,5-8,10H2,1H3,(H,21,24)(H,22,23). The van der Waals surface area contributed by atoms with Crippen LogP contribution in [-0.2, 0) is 5.41 Å². The van der Waals surface area contributed by atoms with Crippen LogP contribution in [0.25, 0.3) is 0 Å². The molecule has 0 aliphatic heterocycles. The number of H-pyrrole nitrogens is 1. The Hall–Kier alpha value is -1.81. The van der Waals surface area contributed by atoms with E-state index in [1.165, 1.54) is 18.4 Å². The fourth-order valence-corrected chi connectivity index (χ4v) is 3.84. The highest BCUT2D eigenvalue weighted by molar-refractivity contribution is 6.30. The highest BCUT2D eigenvalue weighted by atomic mass is 35.5. The van der Waals surface area contributed by atoms with Gasteiger partial charge in [0.05, 0.1) is 0 Å². The van der Waals surface area contributed by atoms with Crippen LogP contribution in [0.15, 0.2) is 30.3 Å². The normalized spacial score (nSPS) is 24.8. The lowest BCUT2D eigenvalue weighted by Gasteiger charge is -2.13. The summed E-state index contributed by atoms with van der Waals surface area (Å²) in [6.07, 6.45) is 5.37. The largest absolute Gasteiger partial charge is 0.348 e. The predicted molar refractivity (Wildman–Crippen MR) is 94.5 cm³/mol. The molecule has 1 amide bonds. The number of rotatable bonds is 4. The first kappa shape index (κ1) is 15.7. The van der Waals surface area contributed by atoms with Gasteiger partial charge < -0.3 is 5.32 Å². The van der Waals surface area contributed by atoms with Gasteiger partial charge in [-0.05, 0) is 61.8 Å². The molecule has 0 spiro atoms. The third-order valence-corrected chi connectivity index (χ3v) is 5.78. The van der Waals surface area contributed by atoms with Gasteiger partial charge in [-0.15, -0.1) is 0 Å². The Labute approximate surface area is 147 Å². The Bertz CT molecular complexity index is 765. The third kappa shape index (κ3) is 3.07. The maximum absolute atomic E-state index is 12.4. The zero-order valence-electron chi connectivity index (χ0n) is 13.8. The molecule has 2 N–H and O–H groups in total. The van der Waals surface area contributed by atoms with Gasteiger partial charge in [0.15, 0.2) is 0 Å². The molecule has 24 heavy (non-hydrogen) atoms. The first-order valence-corrected chi connectivity index (χ1v) is 9.03. The van der Waals surface area contributed by atoms with Crippen LogP contribution in [-0.4, -0.2) is 22.1 Å². The van der Waals surface area contributed by atoms with Crippen molar-refractivity contribution in [2.45, 2.75) is 56.4 Å². The molecule has 2 aromatic rings. The number of benzene rings is 1. The van der Waals surface area contributed by atoms with Crippen LogP contribution in [0.1, 0.15) is 66.7 Å². The first-order valence-electron chi connectivity index (χ1n) is 8.66. The molecule has 2 aliphatic rings. The van der Waals surface area contributed by atoms with Crippen molar-refractivity contribution in [3.05, 3.63) is 52.3 Å². The summed E-state index contributed by atoms with van der Waals surface area (Å²) in [5.74, 6) is 0.396. The van der Waals surface area contributed by atoms with Gasteiger partial charge >= 0.3 is 0 Å². The van der Waals surface area contributed by atoms with Crippen LogP contribution in [0.5, 0.6) is 0 Å². The van der Waals surface area contributed by atoms with Gasteiger partial charge in [-0.2, -0.15) is 5.10 Å². The van der Waals surface area contributed by atoms with Crippen molar-refractivity contribution in [2.24, 2.45) is 0 Å². The molecule has 2 saturated carbocycles. The Kier molecular flexibility index (Phi) is 3.87. The van der Waals surface area contributed by atoms with Gasteiger partial charge in [0.2, 0.25) is 0 Å². The zero-order valence-corrected chi connectivity index (χ0v) is 14.6. The van der Waals surface area contributed by atoms with E-state index >= 15 is 0 Å². The Morgan fingerprint density at radius 3 is 2.92 bits per heavy atom. The Morgan fingerprint density at radius 2 is 2.17 bits per heavy atom. The van der Waals surface area contributed by atoms with E-state index in [9.17, 15) is 4.79 Å². The molecule has 4 nitrogen and oxygen atoms in total. The maximum atomic E-state index is 12.4. The summed E-state index contributed by atoms with van der Waals surface area (Å²) in [4.78, 5) is 12.4. The molecule has 1 aromatic heterocycles. The summed E-state index contributed by atoms with van der Waals surface area (Å²) < 4.78 is 0. The molecule has 2 atom stereocenters. The van der Waals surface area contributed by atoms with Crippen LogP contribution in [0.3, 0.4) is 0 Å². The van der Waals surface area contributed by atoms with E-state index in [0.717, 1.165) is 30.0 Å². The molecule has 0 bridgehead atoms. The molecular weight excluding hydrogens is 322 g/mol. The molecule has 0 saturated heterocycles. The average molecular weight is 344 g/mol. The van der Waals surface area contributed by atoms with Gasteiger partial charge in [-0.1, -0.05) is 30.7 Å². The zero-order chi connectivity index (χ0) is 16.7. The number of hydrogen-bond donors (Lipinski definition) is 2. The molecule has 2 aliphatic carbocycles. The van der Waals surface area contributed by atoms with Crippen molar-refractivity contribution < 1.29 is 4.79 Å². The summed E-state index contributed by atoms with van der Waals surface area (Å²) in [6.45, 7) is 2.20. The SMILES string of the molecule is CC1(c2cc(C(=O)NC3CCC(c4cccc(Cl)c4)C3)n[nH]2)CC1. The van der Waals surface area contributed by atoms with Crippen molar-refractivity contribution in [3.63, 3.8) is 0 Å². The summed E-state index contributed by atoms with van der Waals surface area (Å²) in [5, 5.41) is 11.1. The summed E-state index contributed by atoms with van der Waals surface area (Å²) in [5.41, 5.74) is 3.06. The quantitative estimate of drug-likeness (QED) is 0.874. The second kappa shape index (κ2) is 5.92. The molecular formula is C19H22ClN3O. The van der Waals surface area contributed by atoms with Crippen molar-refractivity contribution in [2.75, 3.05) is 0 Å². The van der Waals surface area contributed by atoms with Gasteiger partial charge in [0, 0.05) is 22.2 Å². The van der Waals surface area contributed by atoms with E-state index in [4.69, 9.17) is 11.6 Å². The Balaban J connectivity index is 1.37. The highest BCUT2D eigenvalue weighted by Gasteiger charge is 2.41. The van der Waals surface area contributed by atoms with E-state index in [1.54, 1.807) is 0 Å². The number of aromatic amines is 1. The van der Waals surface area contributed by atoms with Crippen molar-refractivity contribution in [3.8, 4) is 0 Å². The Morgan fingerprint density at radius 1 is 1.33 bits per heavy atom. The summed E-state index contributed by atoms with van der Waals surface area (Å²) in [6, 6.07) is 10.2. The van der Waals surface area contributed by atoms with Crippen LogP contribution in [0.4, 0.5) is 0 Å². The summed E-state index contributed by atoms with van der Waals surface area (Å²) >= 11 is 6.09. The third-order valence-electron chi connectivity index (χ3n) is 5.55. The van der Waals surface area contributed by atoms with Gasteiger partial charge in [-0.25, -0.2) is 0 Å². The lowest BCUT2D eigenvalue weighted by atomic mass is 9.97. The van der Waals surface area contributed by atoms with E-state index in [2.05, 4.69) is 28.5 Å². The number of amides is 1. The molecule has 4 rings (SSSR count). The van der Waals surface area contributed by atoms with Crippen LogP contribution < -0.4 is 5.32 Å². The minimum absolute atomic E-state index is 0.0708. The first-order chi connectivity index (χ1) is 11.5. The number of halogens is 1. The second-order valence-electron chi connectivity index (χ2n) is 7.46. The number of carbonyl (C=O) groups excluding carboxylic acids is 1. The minimum Gasteiger partial charge on any atom is -0.348 e.